The van der Waals surface area contributed by atoms with Crippen molar-refractivity contribution in [3.05, 3.63) is 52.8 Å². The number of unbranched alkanes of at least 4 members (excludes halogenated alkanes) is 2. The van der Waals surface area contributed by atoms with E-state index in [9.17, 15) is 4.39 Å². The van der Waals surface area contributed by atoms with Crippen molar-refractivity contribution < 1.29 is 8.96 Å². The minimum atomic E-state index is -0.247. The molecular formula is C16H21ClFN2+. The van der Waals surface area contributed by atoms with E-state index < -0.39 is 0 Å². The molecule has 0 fully saturated rings. The maximum atomic E-state index is 13.8. The Labute approximate surface area is 124 Å². The fourth-order valence-electron chi connectivity index (χ4n) is 2.33. The molecule has 20 heavy (non-hydrogen) atoms. The molecule has 0 atom stereocenters. The van der Waals surface area contributed by atoms with Crippen LogP contribution in [-0.4, -0.2) is 4.57 Å². The first-order valence-corrected chi connectivity index (χ1v) is 7.49. The van der Waals surface area contributed by atoms with Gasteiger partial charge in [-0.05, 0) is 25.0 Å². The number of nitrogens with zero attached hydrogens (tertiary/aromatic N) is 2. The minimum Gasteiger partial charge on any atom is -0.234 e. The summed E-state index contributed by atoms with van der Waals surface area (Å²) < 4.78 is 18.1. The Morgan fingerprint density at radius 2 is 2.10 bits per heavy atom. The summed E-state index contributed by atoms with van der Waals surface area (Å²) in [6.45, 7) is 5.74. The maximum absolute atomic E-state index is 13.8. The number of aromatic nitrogens is 2. The number of benzene rings is 1. The van der Waals surface area contributed by atoms with E-state index in [4.69, 9.17) is 11.6 Å². The Morgan fingerprint density at radius 1 is 1.30 bits per heavy atom. The Hall–Kier alpha value is -1.35. The van der Waals surface area contributed by atoms with Crippen molar-refractivity contribution in [2.75, 3.05) is 0 Å². The molecule has 0 aliphatic carbocycles. The second kappa shape index (κ2) is 6.89. The molecule has 1 aromatic heterocycles. The van der Waals surface area contributed by atoms with Crippen LogP contribution in [0, 0.1) is 12.7 Å². The number of hydrogen-bond acceptors (Lipinski definition) is 0. The van der Waals surface area contributed by atoms with Crippen LogP contribution in [0.3, 0.4) is 0 Å². The lowest BCUT2D eigenvalue weighted by Crippen LogP contribution is -2.36. The zero-order valence-corrected chi connectivity index (χ0v) is 12.8. The smallest absolute Gasteiger partial charge is 0.234 e. The molecule has 0 aliphatic rings. The lowest BCUT2D eigenvalue weighted by Gasteiger charge is -2.05. The molecule has 0 saturated carbocycles. The van der Waals surface area contributed by atoms with Gasteiger partial charge < -0.3 is 0 Å². The largest absolute Gasteiger partial charge is 0.253 e. The van der Waals surface area contributed by atoms with Gasteiger partial charge in [-0.2, -0.15) is 0 Å². The van der Waals surface area contributed by atoms with Gasteiger partial charge in [0, 0.05) is 12.5 Å². The van der Waals surface area contributed by atoms with Crippen molar-refractivity contribution >= 4 is 11.6 Å². The van der Waals surface area contributed by atoms with E-state index in [0.29, 0.717) is 17.1 Å². The number of rotatable bonds is 6. The Balaban J connectivity index is 2.14. The summed E-state index contributed by atoms with van der Waals surface area (Å²) in [6.07, 6.45) is 7.66. The molecule has 4 heteroatoms. The van der Waals surface area contributed by atoms with Gasteiger partial charge in [0.25, 0.3) is 5.82 Å². The third kappa shape index (κ3) is 3.40. The van der Waals surface area contributed by atoms with Crippen LogP contribution in [0.1, 0.15) is 37.6 Å². The molecular weight excluding hydrogens is 275 g/mol. The van der Waals surface area contributed by atoms with E-state index >= 15 is 0 Å². The van der Waals surface area contributed by atoms with E-state index in [0.717, 1.165) is 12.4 Å². The standard InChI is InChI=1S/C16H21ClFN2/c1-3-4-5-9-19-10-11-20(13(19)2)12-14-15(17)7-6-8-16(14)18/h6-8,10-11H,3-5,9,12H2,1-2H3/q+1. The molecule has 1 aromatic carbocycles. The van der Waals surface area contributed by atoms with Gasteiger partial charge in [-0.1, -0.05) is 31.0 Å². The third-order valence-electron chi connectivity index (χ3n) is 3.65. The van der Waals surface area contributed by atoms with Crippen molar-refractivity contribution in [2.45, 2.75) is 46.2 Å². The van der Waals surface area contributed by atoms with Gasteiger partial charge in [0.2, 0.25) is 0 Å². The number of halogens is 2. The quantitative estimate of drug-likeness (QED) is 0.560. The molecule has 2 aromatic rings. The van der Waals surface area contributed by atoms with Crippen molar-refractivity contribution in [1.29, 1.82) is 0 Å². The van der Waals surface area contributed by atoms with Crippen LogP contribution in [0.4, 0.5) is 4.39 Å². The van der Waals surface area contributed by atoms with Crippen LogP contribution in [-0.2, 0) is 13.1 Å². The van der Waals surface area contributed by atoms with Crippen LogP contribution in [0.5, 0.6) is 0 Å². The number of imidazole rings is 1. The second-order valence-electron chi connectivity index (χ2n) is 5.07. The highest BCUT2D eigenvalue weighted by Gasteiger charge is 2.15. The molecule has 2 nitrogen and oxygen atoms in total. The molecule has 1 heterocycles. The maximum Gasteiger partial charge on any atom is 0.253 e. The first kappa shape index (κ1) is 15.0. The number of hydrogen-bond donors (Lipinski definition) is 0. The zero-order chi connectivity index (χ0) is 14.5. The fraction of sp³-hybridized carbons (Fsp3) is 0.438. The summed E-state index contributed by atoms with van der Waals surface area (Å²) in [5.74, 6) is 0.878. The van der Waals surface area contributed by atoms with Gasteiger partial charge in [-0.25, -0.2) is 13.5 Å². The molecule has 0 unspecified atom stereocenters. The predicted octanol–water partition coefficient (Wildman–Crippen LogP) is 4.12. The predicted molar refractivity (Wildman–Crippen MR) is 79.4 cm³/mol. The zero-order valence-electron chi connectivity index (χ0n) is 12.1. The van der Waals surface area contributed by atoms with Crippen LogP contribution in [0.2, 0.25) is 5.02 Å². The van der Waals surface area contributed by atoms with Crippen molar-refractivity contribution in [3.8, 4) is 0 Å². The van der Waals surface area contributed by atoms with Crippen LogP contribution >= 0.6 is 11.6 Å². The number of aryl methyl sites for hydroxylation is 1. The Morgan fingerprint density at radius 3 is 2.80 bits per heavy atom. The normalized spacial score (nSPS) is 11.0. The first-order chi connectivity index (χ1) is 9.63. The second-order valence-corrected chi connectivity index (χ2v) is 5.48. The molecule has 0 radical (unpaired) electrons. The average molecular weight is 296 g/mol. The van der Waals surface area contributed by atoms with Gasteiger partial charge >= 0.3 is 0 Å². The van der Waals surface area contributed by atoms with Crippen molar-refractivity contribution in [2.24, 2.45) is 0 Å². The highest BCUT2D eigenvalue weighted by atomic mass is 35.5. The monoisotopic (exact) mass is 295 g/mol. The molecule has 0 bridgehead atoms. The molecule has 2 rings (SSSR count). The van der Waals surface area contributed by atoms with Gasteiger partial charge in [0.15, 0.2) is 0 Å². The summed E-state index contributed by atoms with van der Waals surface area (Å²) in [5.41, 5.74) is 0.550. The fourth-order valence-corrected chi connectivity index (χ4v) is 2.55. The molecule has 108 valence electrons. The molecule has 0 amide bonds. The highest BCUT2D eigenvalue weighted by molar-refractivity contribution is 6.31. The summed E-state index contributed by atoms with van der Waals surface area (Å²) in [6, 6.07) is 4.82. The van der Waals surface area contributed by atoms with Gasteiger partial charge in [0.1, 0.15) is 24.8 Å². The van der Waals surface area contributed by atoms with E-state index in [2.05, 4.69) is 24.6 Å². The van der Waals surface area contributed by atoms with E-state index in [-0.39, 0.29) is 5.82 Å². The van der Waals surface area contributed by atoms with Gasteiger partial charge in [-0.3, -0.25) is 0 Å². The summed E-state index contributed by atoms with van der Waals surface area (Å²) in [7, 11) is 0. The lowest BCUT2D eigenvalue weighted by molar-refractivity contribution is -0.694. The van der Waals surface area contributed by atoms with Crippen molar-refractivity contribution in [1.82, 2.24) is 4.57 Å². The molecule has 0 N–H and O–H groups in total. The molecule has 0 aliphatic heterocycles. The third-order valence-corrected chi connectivity index (χ3v) is 4.00. The SMILES string of the molecule is CCCCCn1cc[n+](Cc2c(F)cccc2Cl)c1C. The average Bonchev–Trinajstić information content (AvgIpc) is 2.76. The summed E-state index contributed by atoms with van der Waals surface area (Å²) in [4.78, 5) is 0. The Kier molecular flexibility index (Phi) is 5.18. The summed E-state index contributed by atoms with van der Waals surface area (Å²) >= 11 is 6.08. The van der Waals surface area contributed by atoms with Crippen LogP contribution < -0.4 is 4.57 Å². The van der Waals surface area contributed by atoms with E-state index in [1.807, 2.05) is 10.8 Å². The first-order valence-electron chi connectivity index (χ1n) is 7.11. The highest BCUT2D eigenvalue weighted by Crippen LogP contribution is 2.18. The van der Waals surface area contributed by atoms with Crippen LogP contribution in [0.25, 0.3) is 0 Å². The van der Waals surface area contributed by atoms with E-state index in [1.54, 1.807) is 12.1 Å². The van der Waals surface area contributed by atoms with E-state index in [1.165, 1.54) is 25.3 Å². The molecule has 0 spiro atoms. The molecule has 0 saturated heterocycles. The van der Waals surface area contributed by atoms with Gasteiger partial charge in [0.05, 0.1) is 11.6 Å². The van der Waals surface area contributed by atoms with Crippen LogP contribution in [0.15, 0.2) is 30.6 Å². The minimum absolute atomic E-state index is 0.247. The topological polar surface area (TPSA) is 8.81 Å². The van der Waals surface area contributed by atoms with Gasteiger partial charge in [-0.15, -0.1) is 0 Å². The Bertz CT molecular complexity index is 558. The van der Waals surface area contributed by atoms with Crippen molar-refractivity contribution in [3.63, 3.8) is 0 Å². The lowest BCUT2D eigenvalue weighted by atomic mass is 10.2. The summed E-state index contributed by atoms with van der Waals surface area (Å²) in [5, 5.41) is 0.482.